The molecule has 0 spiro atoms. The average Bonchev–Trinajstić information content (AvgIpc) is 3.43. The molecular weight excluding hydrogens is 546 g/mol. The Labute approximate surface area is 220 Å². The van der Waals surface area contributed by atoms with E-state index in [2.05, 4.69) is 21.2 Å². The maximum absolute atomic E-state index is 13.3. The largest absolute Gasteiger partial charge is 0.352 e. The highest BCUT2D eigenvalue weighted by atomic mass is 79.9. The minimum Gasteiger partial charge on any atom is -0.352 e. The summed E-state index contributed by atoms with van der Waals surface area (Å²) in [6.45, 7) is 1.85. The zero-order chi connectivity index (χ0) is 25.9. The Bertz CT molecular complexity index is 1260. The van der Waals surface area contributed by atoms with Crippen LogP contribution in [-0.2, 0) is 26.2 Å². The highest BCUT2D eigenvalue weighted by Gasteiger charge is 2.40. The molecule has 1 atom stereocenters. The highest BCUT2D eigenvalue weighted by molar-refractivity contribution is 9.10. The number of carbonyl (C=O) groups is 3. The summed E-state index contributed by atoms with van der Waals surface area (Å²) in [6.07, 6.45) is 4.22. The Morgan fingerprint density at radius 3 is 2.56 bits per heavy atom. The Morgan fingerprint density at radius 2 is 1.86 bits per heavy atom. The van der Waals surface area contributed by atoms with Crippen LogP contribution >= 0.6 is 15.9 Å². The van der Waals surface area contributed by atoms with Crippen molar-refractivity contribution in [2.24, 2.45) is 0 Å². The number of fused-ring (bicyclic) bond motifs is 1. The number of halogens is 1. The zero-order valence-electron chi connectivity index (χ0n) is 20.2. The van der Waals surface area contributed by atoms with Gasteiger partial charge in [0.05, 0.1) is 5.56 Å². The highest BCUT2D eigenvalue weighted by Crippen LogP contribution is 2.30. The summed E-state index contributed by atoms with van der Waals surface area (Å²) in [6, 6.07) is 13.1. The molecule has 0 saturated heterocycles. The molecule has 2 aromatic rings. The Morgan fingerprint density at radius 1 is 1.14 bits per heavy atom. The van der Waals surface area contributed by atoms with Gasteiger partial charge in [-0.3, -0.25) is 14.4 Å². The molecule has 4 rings (SSSR count). The van der Waals surface area contributed by atoms with E-state index in [-0.39, 0.29) is 54.2 Å². The molecule has 0 aromatic heterocycles. The quantitative estimate of drug-likeness (QED) is 0.489. The van der Waals surface area contributed by atoms with Crippen molar-refractivity contribution in [2.75, 3.05) is 6.54 Å². The molecule has 1 N–H and O–H groups in total. The molecule has 2 aromatic carbocycles. The number of sulfonamides is 1. The van der Waals surface area contributed by atoms with E-state index in [0.717, 1.165) is 40.0 Å². The normalized spacial score (nSPS) is 17.6. The van der Waals surface area contributed by atoms with Crippen molar-refractivity contribution in [2.45, 2.75) is 69.0 Å². The molecule has 3 amide bonds. The van der Waals surface area contributed by atoms with Crippen LogP contribution in [0.25, 0.3) is 0 Å². The first kappa shape index (κ1) is 26.3. The molecule has 1 heterocycles. The lowest BCUT2D eigenvalue weighted by molar-refractivity contribution is -0.141. The molecular formula is C26H30BrN3O5S. The topological polar surface area (TPSA) is 104 Å². The van der Waals surface area contributed by atoms with E-state index in [9.17, 15) is 22.8 Å². The molecule has 0 bridgehead atoms. The van der Waals surface area contributed by atoms with Crippen molar-refractivity contribution in [3.05, 3.63) is 64.1 Å². The van der Waals surface area contributed by atoms with Gasteiger partial charge in [-0.2, -0.15) is 0 Å². The average molecular weight is 577 g/mol. The third-order valence-corrected chi connectivity index (χ3v) is 9.11. The van der Waals surface area contributed by atoms with Crippen LogP contribution in [0.5, 0.6) is 0 Å². The first-order valence-corrected chi connectivity index (χ1v) is 14.4. The predicted molar refractivity (Wildman–Crippen MR) is 138 cm³/mol. The number of nitrogens with one attached hydrogen (secondary N) is 1. The second kappa shape index (κ2) is 11.1. The van der Waals surface area contributed by atoms with Crippen LogP contribution in [-0.4, -0.2) is 54.0 Å². The van der Waals surface area contributed by atoms with Crippen molar-refractivity contribution >= 4 is 43.7 Å². The summed E-state index contributed by atoms with van der Waals surface area (Å²) in [7, 11) is -3.92. The number of rotatable bonds is 9. The van der Waals surface area contributed by atoms with E-state index in [0.29, 0.717) is 0 Å². The predicted octanol–water partition coefficient (Wildman–Crippen LogP) is 3.85. The third kappa shape index (κ3) is 5.64. The molecule has 1 aliphatic heterocycles. The first-order chi connectivity index (χ1) is 17.2. The number of benzene rings is 2. The summed E-state index contributed by atoms with van der Waals surface area (Å²) in [4.78, 5) is 40.5. The van der Waals surface area contributed by atoms with Crippen LogP contribution in [0.2, 0.25) is 0 Å². The minimum atomic E-state index is -3.92. The second-order valence-corrected chi connectivity index (χ2v) is 12.0. The van der Waals surface area contributed by atoms with E-state index >= 15 is 0 Å². The minimum absolute atomic E-state index is 0.00466. The molecule has 36 heavy (non-hydrogen) atoms. The second-order valence-electron chi connectivity index (χ2n) is 9.30. The zero-order valence-corrected chi connectivity index (χ0v) is 22.6. The summed E-state index contributed by atoms with van der Waals surface area (Å²) in [5.74, 6) is -1.04. The number of carbonyl (C=O) groups excluding carboxylic acids is 3. The van der Waals surface area contributed by atoms with Gasteiger partial charge in [0.15, 0.2) is 0 Å². The van der Waals surface area contributed by atoms with Gasteiger partial charge in [0.25, 0.3) is 15.9 Å². The van der Waals surface area contributed by atoms with Crippen LogP contribution < -0.4 is 5.32 Å². The van der Waals surface area contributed by atoms with Crippen LogP contribution in [0.3, 0.4) is 0 Å². The molecule has 10 heteroatoms. The van der Waals surface area contributed by atoms with Gasteiger partial charge in [-0.15, -0.1) is 0 Å². The fourth-order valence-electron chi connectivity index (χ4n) is 4.78. The van der Waals surface area contributed by atoms with E-state index in [4.69, 9.17) is 0 Å². The summed E-state index contributed by atoms with van der Waals surface area (Å²) < 4.78 is 27.3. The molecule has 2 aliphatic rings. The van der Waals surface area contributed by atoms with Crippen LogP contribution in [0.4, 0.5) is 0 Å². The smallest absolute Gasteiger partial charge is 0.269 e. The molecule has 0 radical (unpaired) electrons. The fraction of sp³-hybridized carbons (Fsp3) is 0.423. The van der Waals surface area contributed by atoms with Crippen molar-refractivity contribution < 1.29 is 22.8 Å². The number of hydrogen-bond acceptors (Lipinski definition) is 5. The lowest BCUT2D eigenvalue weighted by Gasteiger charge is -2.30. The van der Waals surface area contributed by atoms with Gasteiger partial charge < -0.3 is 10.2 Å². The van der Waals surface area contributed by atoms with E-state index in [1.54, 1.807) is 19.1 Å². The molecule has 1 aliphatic carbocycles. The number of hydrogen-bond donors (Lipinski definition) is 1. The van der Waals surface area contributed by atoms with Crippen LogP contribution in [0.15, 0.2) is 57.9 Å². The van der Waals surface area contributed by atoms with Gasteiger partial charge in [-0.05, 0) is 56.0 Å². The molecule has 8 nitrogen and oxygen atoms in total. The first-order valence-electron chi connectivity index (χ1n) is 12.2. The molecule has 1 saturated carbocycles. The van der Waals surface area contributed by atoms with Crippen molar-refractivity contribution in [3.63, 3.8) is 0 Å². The lowest BCUT2D eigenvalue weighted by atomic mass is 10.1. The van der Waals surface area contributed by atoms with Crippen molar-refractivity contribution in [1.82, 2.24) is 14.5 Å². The lowest BCUT2D eigenvalue weighted by Crippen LogP contribution is -2.49. The van der Waals surface area contributed by atoms with Gasteiger partial charge in [-0.25, -0.2) is 12.7 Å². The van der Waals surface area contributed by atoms with Crippen LogP contribution in [0, 0.1) is 0 Å². The molecule has 192 valence electrons. The van der Waals surface area contributed by atoms with Gasteiger partial charge in [0, 0.05) is 30.0 Å². The van der Waals surface area contributed by atoms with Gasteiger partial charge in [0.2, 0.25) is 11.8 Å². The Balaban J connectivity index is 1.44. The Hall–Kier alpha value is -2.72. The fourth-order valence-corrected chi connectivity index (χ4v) is 6.83. The van der Waals surface area contributed by atoms with Gasteiger partial charge in [-0.1, -0.05) is 53.0 Å². The van der Waals surface area contributed by atoms with E-state index in [1.807, 2.05) is 24.3 Å². The van der Waals surface area contributed by atoms with E-state index < -0.39 is 22.0 Å². The standard InChI is InChI=1S/C26H30BrN3O5S/c1-18(25(32)28-21-10-2-3-11-21)29(17-19-8-6-9-20(27)16-19)24(31)14-7-15-30-26(33)22-12-4-5-13-23(22)36(30,34)35/h4-6,8-9,12-13,16,18,21H,2-3,7,10-11,14-15,17H2,1H3,(H,28,32)/t18-/m0/s1. The maximum Gasteiger partial charge on any atom is 0.269 e. The van der Waals surface area contributed by atoms with Crippen molar-refractivity contribution in [3.8, 4) is 0 Å². The molecule has 1 fully saturated rings. The maximum atomic E-state index is 13.3. The SMILES string of the molecule is C[C@@H](C(=O)NC1CCCC1)N(Cc1cccc(Br)c1)C(=O)CCCN1C(=O)c2ccccc2S1(=O)=O. The van der Waals surface area contributed by atoms with Gasteiger partial charge >= 0.3 is 0 Å². The van der Waals surface area contributed by atoms with E-state index in [1.165, 1.54) is 17.0 Å². The van der Waals surface area contributed by atoms with Gasteiger partial charge in [0.1, 0.15) is 10.9 Å². The summed E-state index contributed by atoms with van der Waals surface area (Å²) in [5.41, 5.74) is 1.02. The van der Waals surface area contributed by atoms with Crippen molar-refractivity contribution in [1.29, 1.82) is 0 Å². The summed E-state index contributed by atoms with van der Waals surface area (Å²) in [5, 5.41) is 3.06. The molecule has 0 unspecified atom stereocenters. The monoisotopic (exact) mass is 575 g/mol. The number of nitrogens with zero attached hydrogens (tertiary/aromatic N) is 2. The third-order valence-electron chi connectivity index (χ3n) is 6.77. The number of amides is 3. The summed E-state index contributed by atoms with van der Waals surface area (Å²) >= 11 is 3.44. The van der Waals surface area contributed by atoms with Crippen LogP contribution in [0.1, 0.15) is 61.4 Å². The Kier molecular flexibility index (Phi) is 8.14.